The molecule has 0 aliphatic rings. The first kappa shape index (κ1) is 12.9. The summed E-state index contributed by atoms with van der Waals surface area (Å²) in [5, 5.41) is 0.489. The maximum atomic E-state index is 6.23. The monoisotopic (exact) mass is 282 g/mol. The van der Waals surface area contributed by atoms with Gasteiger partial charge in [-0.2, -0.15) is 0 Å². The minimum atomic E-state index is 0.489. The number of aryl methyl sites for hydroxylation is 1. The minimum absolute atomic E-state index is 0.489. The largest absolute Gasteiger partial charge is 0.290 e. The molecule has 0 saturated heterocycles. The molecule has 0 aliphatic carbocycles. The average Bonchev–Trinajstić information content (AvgIpc) is 2.79. The molecule has 20 heavy (non-hydrogen) atoms. The highest BCUT2D eigenvalue weighted by atomic mass is 35.5. The number of imidazole rings is 1. The standard InChI is InChI=1S/C17H15ClN2/c1-3-7-13-12(2)8-6-9-14(13)16-15-10-4-5-11-20(15)17(18)19-16/h3-11H,1-2H3/b7-3-. The summed E-state index contributed by atoms with van der Waals surface area (Å²) in [6.07, 6.45) is 6.09. The molecule has 2 heterocycles. The van der Waals surface area contributed by atoms with Gasteiger partial charge in [0.15, 0.2) is 0 Å². The molecular weight excluding hydrogens is 268 g/mol. The summed E-state index contributed by atoms with van der Waals surface area (Å²) in [5.74, 6) is 0. The van der Waals surface area contributed by atoms with Gasteiger partial charge in [0.25, 0.3) is 0 Å². The van der Waals surface area contributed by atoms with Crippen LogP contribution < -0.4 is 0 Å². The van der Waals surface area contributed by atoms with E-state index < -0.39 is 0 Å². The third-order valence-corrected chi connectivity index (χ3v) is 3.68. The van der Waals surface area contributed by atoms with Gasteiger partial charge in [-0.1, -0.05) is 36.4 Å². The number of allylic oxidation sites excluding steroid dienone is 1. The Bertz CT molecular complexity index is 800. The Kier molecular flexibility index (Phi) is 3.33. The SMILES string of the molecule is C/C=C\c1c(C)cccc1-c1nc(Cl)n2ccccc12. The first-order valence-corrected chi connectivity index (χ1v) is 6.95. The highest BCUT2D eigenvalue weighted by Gasteiger charge is 2.14. The van der Waals surface area contributed by atoms with Crippen molar-refractivity contribution < 1.29 is 0 Å². The molecule has 0 radical (unpaired) electrons. The first-order chi connectivity index (χ1) is 9.72. The molecule has 0 bridgehead atoms. The maximum absolute atomic E-state index is 6.23. The van der Waals surface area contributed by atoms with E-state index in [1.807, 2.05) is 41.8 Å². The van der Waals surface area contributed by atoms with Gasteiger partial charge in [-0.25, -0.2) is 4.98 Å². The fourth-order valence-electron chi connectivity index (χ4n) is 2.47. The van der Waals surface area contributed by atoms with Gasteiger partial charge in [-0.15, -0.1) is 0 Å². The molecule has 3 heteroatoms. The van der Waals surface area contributed by atoms with Crippen LogP contribution in [0, 0.1) is 6.92 Å². The van der Waals surface area contributed by atoms with Crippen LogP contribution in [0.1, 0.15) is 18.1 Å². The molecule has 2 nitrogen and oxygen atoms in total. The molecule has 0 unspecified atom stereocenters. The lowest BCUT2D eigenvalue weighted by Crippen LogP contribution is -1.88. The molecule has 0 saturated carbocycles. The Labute approximate surface area is 123 Å². The quantitative estimate of drug-likeness (QED) is 0.647. The van der Waals surface area contributed by atoms with Crippen molar-refractivity contribution in [3.63, 3.8) is 0 Å². The van der Waals surface area contributed by atoms with Crippen molar-refractivity contribution in [1.29, 1.82) is 0 Å². The second-order valence-corrected chi connectivity index (χ2v) is 5.06. The number of fused-ring (bicyclic) bond motifs is 1. The lowest BCUT2D eigenvalue weighted by Gasteiger charge is -2.07. The predicted octanol–water partition coefficient (Wildman–Crippen LogP) is 5.00. The van der Waals surface area contributed by atoms with E-state index >= 15 is 0 Å². The lowest BCUT2D eigenvalue weighted by atomic mass is 9.98. The zero-order valence-electron chi connectivity index (χ0n) is 11.5. The van der Waals surface area contributed by atoms with Crippen LogP contribution in [0.2, 0.25) is 5.28 Å². The summed E-state index contributed by atoms with van der Waals surface area (Å²) >= 11 is 6.23. The van der Waals surface area contributed by atoms with Crippen molar-refractivity contribution in [2.24, 2.45) is 0 Å². The van der Waals surface area contributed by atoms with Gasteiger partial charge in [0.2, 0.25) is 5.28 Å². The summed E-state index contributed by atoms with van der Waals surface area (Å²) in [6.45, 7) is 4.13. The van der Waals surface area contributed by atoms with E-state index in [4.69, 9.17) is 11.6 Å². The van der Waals surface area contributed by atoms with Crippen LogP contribution in [-0.2, 0) is 0 Å². The molecule has 100 valence electrons. The highest BCUT2D eigenvalue weighted by Crippen LogP contribution is 2.31. The normalized spacial score (nSPS) is 11.6. The Morgan fingerprint density at radius 2 is 2.00 bits per heavy atom. The molecule has 0 atom stereocenters. The molecule has 3 aromatic rings. The molecule has 3 rings (SSSR count). The van der Waals surface area contributed by atoms with Gasteiger partial charge < -0.3 is 0 Å². The first-order valence-electron chi connectivity index (χ1n) is 6.57. The van der Waals surface area contributed by atoms with Crippen molar-refractivity contribution in [3.8, 4) is 11.3 Å². The van der Waals surface area contributed by atoms with Crippen LogP contribution in [0.3, 0.4) is 0 Å². The molecule has 1 aromatic carbocycles. The van der Waals surface area contributed by atoms with Crippen molar-refractivity contribution in [3.05, 3.63) is 65.1 Å². The fraction of sp³-hybridized carbons (Fsp3) is 0.118. The van der Waals surface area contributed by atoms with Gasteiger partial charge in [-0.05, 0) is 48.7 Å². The second-order valence-electron chi connectivity index (χ2n) is 4.72. The van der Waals surface area contributed by atoms with Crippen LogP contribution in [0.4, 0.5) is 0 Å². The molecule has 2 aromatic heterocycles. The molecule has 0 amide bonds. The van der Waals surface area contributed by atoms with Crippen molar-refractivity contribution in [1.82, 2.24) is 9.38 Å². The minimum Gasteiger partial charge on any atom is -0.290 e. The zero-order chi connectivity index (χ0) is 14.1. The van der Waals surface area contributed by atoms with E-state index in [1.165, 1.54) is 11.1 Å². The summed E-state index contributed by atoms with van der Waals surface area (Å²) < 4.78 is 1.90. The van der Waals surface area contributed by atoms with Crippen molar-refractivity contribution >= 4 is 23.2 Å². The van der Waals surface area contributed by atoms with Gasteiger partial charge in [0, 0.05) is 11.8 Å². The fourth-order valence-corrected chi connectivity index (χ4v) is 2.71. The summed E-state index contributed by atoms with van der Waals surface area (Å²) in [7, 11) is 0. The van der Waals surface area contributed by atoms with E-state index in [-0.39, 0.29) is 0 Å². The molecule has 0 aliphatic heterocycles. The van der Waals surface area contributed by atoms with Gasteiger partial charge in [0.05, 0.1) is 11.2 Å². The Hall–Kier alpha value is -2.06. The maximum Gasteiger partial charge on any atom is 0.207 e. The molecule has 0 fully saturated rings. The Morgan fingerprint density at radius 3 is 2.80 bits per heavy atom. The number of hydrogen-bond donors (Lipinski definition) is 0. The summed E-state index contributed by atoms with van der Waals surface area (Å²) in [4.78, 5) is 4.54. The highest BCUT2D eigenvalue weighted by molar-refractivity contribution is 6.29. The second kappa shape index (κ2) is 5.14. The van der Waals surface area contributed by atoms with Crippen LogP contribution in [0.15, 0.2) is 48.7 Å². The Balaban J connectivity index is 2.34. The van der Waals surface area contributed by atoms with E-state index in [9.17, 15) is 0 Å². The number of pyridine rings is 1. The van der Waals surface area contributed by atoms with E-state index in [0.29, 0.717) is 5.28 Å². The van der Waals surface area contributed by atoms with E-state index in [1.54, 1.807) is 0 Å². The van der Waals surface area contributed by atoms with Crippen LogP contribution in [0.5, 0.6) is 0 Å². The van der Waals surface area contributed by atoms with Crippen molar-refractivity contribution in [2.75, 3.05) is 0 Å². The number of aromatic nitrogens is 2. The van der Waals surface area contributed by atoms with Gasteiger partial charge in [0.1, 0.15) is 0 Å². The predicted molar refractivity (Wildman–Crippen MR) is 85.1 cm³/mol. The van der Waals surface area contributed by atoms with E-state index in [2.05, 4.69) is 36.2 Å². The molecule has 0 spiro atoms. The third kappa shape index (κ3) is 2.02. The van der Waals surface area contributed by atoms with Crippen molar-refractivity contribution in [2.45, 2.75) is 13.8 Å². The number of benzene rings is 1. The van der Waals surface area contributed by atoms with Crippen LogP contribution in [-0.4, -0.2) is 9.38 Å². The number of rotatable bonds is 2. The third-order valence-electron chi connectivity index (χ3n) is 3.42. The summed E-state index contributed by atoms with van der Waals surface area (Å²) in [6, 6.07) is 12.2. The van der Waals surface area contributed by atoms with Gasteiger partial charge >= 0.3 is 0 Å². The molecular formula is C17H15ClN2. The number of nitrogens with zero attached hydrogens (tertiary/aromatic N) is 2. The number of halogens is 1. The average molecular weight is 283 g/mol. The smallest absolute Gasteiger partial charge is 0.207 e. The Morgan fingerprint density at radius 1 is 1.15 bits per heavy atom. The van der Waals surface area contributed by atoms with Gasteiger partial charge in [-0.3, -0.25) is 4.40 Å². The number of hydrogen-bond acceptors (Lipinski definition) is 1. The van der Waals surface area contributed by atoms with Crippen LogP contribution >= 0.6 is 11.6 Å². The topological polar surface area (TPSA) is 17.3 Å². The summed E-state index contributed by atoms with van der Waals surface area (Å²) in [5.41, 5.74) is 5.48. The van der Waals surface area contributed by atoms with Crippen LogP contribution in [0.25, 0.3) is 22.9 Å². The molecule has 0 N–H and O–H groups in total. The van der Waals surface area contributed by atoms with E-state index in [0.717, 1.165) is 16.8 Å². The lowest BCUT2D eigenvalue weighted by molar-refractivity contribution is 1.15. The zero-order valence-corrected chi connectivity index (χ0v) is 12.2.